The average molecular weight is 240 g/mol. The van der Waals surface area contributed by atoms with Gasteiger partial charge in [0.2, 0.25) is 0 Å². The van der Waals surface area contributed by atoms with Crippen LogP contribution in [0.4, 0.5) is 0 Å². The van der Waals surface area contributed by atoms with Gasteiger partial charge in [-0.15, -0.1) is 0 Å². The monoisotopic (exact) mass is 240 g/mol. The van der Waals surface area contributed by atoms with Crippen LogP contribution in [0.2, 0.25) is 0 Å². The zero-order valence-corrected chi connectivity index (χ0v) is 10.3. The van der Waals surface area contributed by atoms with Crippen molar-refractivity contribution in [2.24, 2.45) is 0 Å². The molecule has 0 amide bonds. The minimum absolute atomic E-state index is 0.435. The minimum Gasteiger partial charge on any atom is -0.387 e. The summed E-state index contributed by atoms with van der Waals surface area (Å²) in [6.45, 7) is 1.46. The normalized spacial score (nSPS) is 12.3. The first kappa shape index (κ1) is 12.8. The summed E-state index contributed by atoms with van der Waals surface area (Å²) in [5.41, 5.74) is 2.25. The van der Waals surface area contributed by atoms with Crippen molar-refractivity contribution in [1.29, 1.82) is 0 Å². The summed E-state index contributed by atoms with van der Waals surface area (Å²) in [6, 6.07) is 20.7. The standard InChI is InChI=1S/C16H18NO/c18-16(15-9-5-2-6-10-15)13-17-12-11-14-7-3-1-4-8-14/h2-10,16-18H,11-13H2/t16-/m0/s1. The predicted molar refractivity (Wildman–Crippen MR) is 73.3 cm³/mol. The first-order valence-corrected chi connectivity index (χ1v) is 6.25. The van der Waals surface area contributed by atoms with Crippen LogP contribution in [0.5, 0.6) is 0 Å². The van der Waals surface area contributed by atoms with Crippen LogP contribution in [-0.4, -0.2) is 18.2 Å². The SMILES string of the molecule is O[C@@H](CNCCc1cc[c]cc1)c1ccccc1. The van der Waals surface area contributed by atoms with E-state index in [0.29, 0.717) is 6.54 Å². The fourth-order valence-electron chi connectivity index (χ4n) is 1.85. The molecule has 18 heavy (non-hydrogen) atoms. The van der Waals surface area contributed by atoms with E-state index in [-0.39, 0.29) is 0 Å². The van der Waals surface area contributed by atoms with E-state index < -0.39 is 6.10 Å². The molecule has 2 aromatic carbocycles. The molecule has 0 spiro atoms. The van der Waals surface area contributed by atoms with E-state index >= 15 is 0 Å². The molecule has 93 valence electrons. The predicted octanol–water partition coefficient (Wildman–Crippen LogP) is 2.35. The van der Waals surface area contributed by atoms with Crippen LogP contribution in [0, 0.1) is 6.07 Å². The van der Waals surface area contributed by atoms with Crippen LogP contribution in [0.1, 0.15) is 17.2 Å². The third-order valence-corrected chi connectivity index (χ3v) is 2.90. The Morgan fingerprint density at radius 1 is 1.06 bits per heavy atom. The number of aliphatic hydroxyl groups is 1. The van der Waals surface area contributed by atoms with E-state index in [4.69, 9.17) is 0 Å². The van der Waals surface area contributed by atoms with Gasteiger partial charge in [-0.1, -0.05) is 54.6 Å². The molecule has 1 atom stereocenters. The molecule has 0 bridgehead atoms. The van der Waals surface area contributed by atoms with Gasteiger partial charge in [0.15, 0.2) is 0 Å². The van der Waals surface area contributed by atoms with Crippen molar-refractivity contribution in [3.8, 4) is 0 Å². The Morgan fingerprint density at radius 3 is 2.50 bits per heavy atom. The highest BCUT2D eigenvalue weighted by Crippen LogP contribution is 2.10. The topological polar surface area (TPSA) is 32.3 Å². The molecule has 0 heterocycles. The van der Waals surface area contributed by atoms with Crippen molar-refractivity contribution >= 4 is 0 Å². The van der Waals surface area contributed by atoms with Crippen LogP contribution in [0.15, 0.2) is 54.6 Å². The van der Waals surface area contributed by atoms with Gasteiger partial charge in [-0.25, -0.2) is 0 Å². The van der Waals surface area contributed by atoms with Crippen LogP contribution in [-0.2, 0) is 6.42 Å². The van der Waals surface area contributed by atoms with E-state index in [1.165, 1.54) is 5.56 Å². The lowest BCUT2D eigenvalue weighted by Crippen LogP contribution is -2.23. The van der Waals surface area contributed by atoms with Crippen molar-refractivity contribution in [3.05, 3.63) is 71.8 Å². The molecule has 0 aliphatic carbocycles. The number of hydrogen-bond donors (Lipinski definition) is 2. The summed E-state index contributed by atoms with van der Waals surface area (Å²) in [5.74, 6) is 0. The van der Waals surface area contributed by atoms with Crippen molar-refractivity contribution in [2.75, 3.05) is 13.1 Å². The van der Waals surface area contributed by atoms with Crippen molar-refractivity contribution in [3.63, 3.8) is 0 Å². The fourth-order valence-corrected chi connectivity index (χ4v) is 1.85. The maximum absolute atomic E-state index is 9.95. The molecule has 2 rings (SSSR count). The number of nitrogens with one attached hydrogen (secondary N) is 1. The van der Waals surface area contributed by atoms with E-state index in [1.807, 2.05) is 42.5 Å². The van der Waals surface area contributed by atoms with E-state index in [2.05, 4.69) is 23.5 Å². The molecule has 2 N–H and O–H groups in total. The lowest BCUT2D eigenvalue weighted by molar-refractivity contribution is 0.175. The second kappa shape index (κ2) is 6.94. The zero-order chi connectivity index (χ0) is 12.6. The van der Waals surface area contributed by atoms with Gasteiger partial charge in [-0.2, -0.15) is 0 Å². The van der Waals surface area contributed by atoms with Gasteiger partial charge in [0.05, 0.1) is 6.10 Å². The van der Waals surface area contributed by atoms with E-state index in [9.17, 15) is 5.11 Å². The van der Waals surface area contributed by atoms with Crippen LogP contribution in [0.3, 0.4) is 0 Å². The quantitative estimate of drug-likeness (QED) is 0.760. The smallest absolute Gasteiger partial charge is 0.0914 e. The van der Waals surface area contributed by atoms with Crippen molar-refractivity contribution < 1.29 is 5.11 Å². The van der Waals surface area contributed by atoms with E-state index in [0.717, 1.165) is 18.5 Å². The summed E-state index contributed by atoms with van der Waals surface area (Å²) < 4.78 is 0. The molecular weight excluding hydrogens is 222 g/mol. The zero-order valence-electron chi connectivity index (χ0n) is 10.3. The number of rotatable bonds is 6. The van der Waals surface area contributed by atoms with Gasteiger partial charge in [-0.3, -0.25) is 0 Å². The summed E-state index contributed by atoms with van der Waals surface area (Å²) in [4.78, 5) is 0. The van der Waals surface area contributed by atoms with Crippen molar-refractivity contribution in [1.82, 2.24) is 5.32 Å². The summed E-state index contributed by atoms with van der Waals surface area (Å²) in [7, 11) is 0. The highest BCUT2D eigenvalue weighted by atomic mass is 16.3. The van der Waals surface area contributed by atoms with Gasteiger partial charge < -0.3 is 10.4 Å². The van der Waals surface area contributed by atoms with Crippen LogP contribution < -0.4 is 5.32 Å². The summed E-state index contributed by atoms with van der Waals surface area (Å²) in [6.07, 6.45) is 0.534. The molecule has 2 aromatic rings. The highest BCUT2D eigenvalue weighted by molar-refractivity contribution is 5.17. The lowest BCUT2D eigenvalue weighted by Gasteiger charge is -2.12. The molecule has 0 aliphatic heterocycles. The second-order valence-electron chi connectivity index (χ2n) is 4.29. The first-order valence-electron chi connectivity index (χ1n) is 6.25. The Balaban J connectivity index is 1.70. The fraction of sp³-hybridized carbons (Fsp3) is 0.250. The van der Waals surface area contributed by atoms with Gasteiger partial charge in [-0.05, 0) is 30.2 Å². The molecule has 0 saturated heterocycles. The van der Waals surface area contributed by atoms with Gasteiger partial charge >= 0.3 is 0 Å². The highest BCUT2D eigenvalue weighted by Gasteiger charge is 2.05. The van der Waals surface area contributed by atoms with Crippen LogP contribution >= 0.6 is 0 Å². The molecule has 0 aliphatic rings. The molecule has 2 nitrogen and oxygen atoms in total. The molecule has 1 radical (unpaired) electrons. The van der Waals surface area contributed by atoms with Gasteiger partial charge in [0, 0.05) is 6.54 Å². The van der Waals surface area contributed by atoms with Crippen molar-refractivity contribution in [2.45, 2.75) is 12.5 Å². The third kappa shape index (κ3) is 3.99. The largest absolute Gasteiger partial charge is 0.387 e. The number of benzene rings is 2. The average Bonchev–Trinajstić information content (AvgIpc) is 2.45. The van der Waals surface area contributed by atoms with Gasteiger partial charge in [0.25, 0.3) is 0 Å². The molecule has 0 saturated carbocycles. The number of hydrogen-bond acceptors (Lipinski definition) is 2. The maximum atomic E-state index is 9.95. The Labute approximate surface area is 108 Å². The number of aliphatic hydroxyl groups excluding tert-OH is 1. The molecular formula is C16H18NO. The van der Waals surface area contributed by atoms with Gasteiger partial charge in [0.1, 0.15) is 0 Å². The Hall–Kier alpha value is -1.64. The third-order valence-electron chi connectivity index (χ3n) is 2.90. The lowest BCUT2D eigenvalue weighted by atomic mass is 10.1. The summed E-state index contributed by atoms with van der Waals surface area (Å²) >= 11 is 0. The minimum atomic E-state index is -0.435. The molecule has 0 unspecified atom stereocenters. The van der Waals surface area contributed by atoms with E-state index in [1.54, 1.807) is 0 Å². The second-order valence-corrected chi connectivity index (χ2v) is 4.29. The maximum Gasteiger partial charge on any atom is 0.0914 e. The molecule has 0 fully saturated rings. The molecule has 2 heteroatoms. The Kier molecular flexibility index (Phi) is 4.94. The first-order chi connectivity index (χ1) is 8.86. The Bertz CT molecular complexity index is 441. The Morgan fingerprint density at radius 2 is 1.78 bits per heavy atom. The van der Waals surface area contributed by atoms with Crippen LogP contribution in [0.25, 0.3) is 0 Å². The molecule has 0 aromatic heterocycles. The summed E-state index contributed by atoms with van der Waals surface area (Å²) in [5, 5.41) is 13.2.